The van der Waals surface area contributed by atoms with E-state index in [-0.39, 0.29) is 40.6 Å². The van der Waals surface area contributed by atoms with E-state index in [1.807, 2.05) is 18.2 Å². The van der Waals surface area contributed by atoms with Crippen LogP contribution in [0.2, 0.25) is 0 Å². The maximum atomic E-state index is 3.69. The predicted molar refractivity (Wildman–Crippen MR) is 49.2 cm³/mol. The third-order valence-corrected chi connectivity index (χ3v) is 1.41. The van der Waals surface area contributed by atoms with E-state index in [9.17, 15) is 0 Å². The molecule has 0 atom stereocenters. The molecule has 1 rings (SSSR count). The number of rotatable bonds is 1. The minimum atomic E-state index is 0. The first-order chi connectivity index (χ1) is 4.34. The molecule has 0 radical (unpaired) electrons. The normalized spacial score (nSPS) is 8.10. The zero-order valence-corrected chi connectivity index (χ0v) is 8.51. The largest absolute Gasteiger partial charge is 2.00 e. The molecule has 0 fully saturated rings. The Balaban J connectivity index is -0.000000270. The Bertz CT molecular complexity index is 224. The molecule has 0 unspecified atom stereocenters. The Morgan fingerprint density at radius 3 is 2.40 bits per heavy atom. The van der Waals surface area contributed by atoms with E-state index < -0.39 is 0 Å². The van der Waals surface area contributed by atoms with Crippen LogP contribution >= 0.6 is 0 Å². The molecule has 0 aliphatic heterocycles. The number of hydrogen-bond acceptors (Lipinski definition) is 0. The van der Waals surface area contributed by atoms with Crippen molar-refractivity contribution >= 4 is 43.8 Å². The third-order valence-electron chi connectivity index (χ3n) is 1.41. The molecule has 1 aromatic carbocycles. The molecular formula is C9H12Ca. The summed E-state index contributed by atoms with van der Waals surface area (Å²) in [5, 5.41) is 0. The van der Waals surface area contributed by atoms with Gasteiger partial charge < -0.3 is 2.85 Å². The first-order valence-corrected chi connectivity index (χ1v) is 3.02. The molecule has 0 saturated heterocycles. The molecule has 0 aliphatic rings. The molecule has 50 valence electrons. The zero-order chi connectivity index (χ0) is 6.69. The van der Waals surface area contributed by atoms with Gasteiger partial charge in [-0.25, -0.2) is 0 Å². The van der Waals surface area contributed by atoms with Crippen molar-refractivity contribution in [3.8, 4) is 0 Å². The summed E-state index contributed by atoms with van der Waals surface area (Å²) >= 11 is 0. The summed E-state index contributed by atoms with van der Waals surface area (Å²) in [5.74, 6) is 0. The summed E-state index contributed by atoms with van der Waals surface area (Å²) in [6, 6.07) is 8.19. The van der Waals surface area contributed by atoms with Crippen LogP contribution in [0.25, 0.3) is 6.08 Å². The first kappa shape index (κ1) is 10.2. The van der Waals surface area contributed by atoms with Gasteiger partial charge in [-0.05, 0) is 18.1 Å². The van der Waals surface area contributed by atoms with Crippen LogP contribution in [0.3, 0.4) is 0 Å². The Morgan fingerprint density at radius 2 is 2.00 bits per heavy atom. The standard InChI is InChI=1S/C9H10.Ca.2H/c1-3-9-7-5-4-6-8(9)2;;;/h3-7H,1H2,2H3;;;/q;+2;2*-1. The quantitative estimate of drug-likeness (QED) is 0.554. The molecule has 0 aliphatic carbocycles. The summed E-state index contributed by atoms with van der Waals surface area (Å²) < 4.78 is 0. The molecule has 0 nitrogen and oxygen atoms in total. The van der Waals surface area contributed by atoms with Gasteiger partial charge in [0.1, 0.15) is 0 Å². The van der Waals surface area contributed by atoms with E-state index in [1.165, 1.54) is 11.1 Å². The minimum absolute atomic E-state index is 0. The Kier molecular flexibility index (Phi) is 5.06. The Labute approximate surface area is 94.9 Å². The van der Waals surface area contributed by atoms with Crippen molar-refractivity contribution in [1.82, 2.24) is 0 Å². The SMILES string of the molecule is C=Cc1ccccc1C.[Ca+2].[H-].[H-]. The van der Waals surface area contributed by atoms with Crippen LogP contribution in [0.4, 0.5) is 0 Å². The van der Waals surface area contributed by atoms with E-state index >= 15 is 0 Å². The van der Waals surface area contributed by atoms with Gasteiger partial charge in [0, 0.05) is 0 Å². The van der Waals surface area contributed by atoms with E-state index in [4.69, 9.17) is 0 Å². The maximum Gasteiger partial charge on any atom is 2.00 e. The van der Waals surface area contributed by atoms with Crippen molar-refractivity contribution in [2.45, 2.75) is 6.92 Å². The average Bonchev–Trinajstić information content (AvgIpc) is 1.89. The molecule has 10 heavy (non-hydrogen) atoms. The summed E-state index contributed by atoms with van der Waals surface area (Å²) in [4.78, 5) is 0. The maximum absolute atomic E-state index is 3.69. The van der Waals surface area contributed by atoms with Crippen LogP contribution in [0.15, 0.2) is 30.8 Å². The van der Waals surface area contributed by atoms with Gasteiger partial charge in [0.05, 0.1) is 0 Å². The summed E-state index contributed by atoms with van der Waals surface area (Å²) in [6.07, 6.45) is 1.87. The van der Waals surface area contributed by atoms with Gasteiger partial charge >= 0.3 is 37.7 Å². The van der Waals surface area contributed by atoms with Crippen molar-refractivity contribution in [1.29, 1.82) is 0 Å². The van der Waals surface area contributed by atoms with Crippen molar-refractivity contribution in [3.63, 3.8) is 0 Å². The van der Waals surface area contributed by atoms with Gasteiger partial charge in [-0.2, -0.15) is 0 Å². The first-order valence-electron chi connectivity index (χ1n) is 3.02. The monoisotopic (exact) mass is 160 g/mol. The second-order valence-corrected chi connectivity index (χ2v) is 2.06. The van der Waals surface area contributed by atoms with Gasteiger partial charge in [-0.15, -0.1) is 0 Å². The molecule has 0 saturated carbocycles. The van der Waals surface area contributed by atoms with Gasteiger partial charge in [0.2, 0.25) is 0 Å². The molecule has 1 aromatic rings. The number of aryl methyl sites for hydroxylation is 1. The van der Waals surface area contributed by atoms with E-state index in [1.54, 1.807) is 0 Å². The summed E-state index contributed by atoms with van der Waals surface area (Å²) in [5.41, 5.74) is 2.50. The number of benzene rings is 1. The van der Waals surface area contributed by atoms with Crippen LogP contribution in [-0.4, -0.2) is 37.7 Å². The van der Waals surface area contributed by atoms with Crippen LogP contribution in [0, 0.1) is 6.92 Å². The fraction of sp³-hybridized carbons (Fsp3) is 0.111. The molecule has 0 bridgehead atoms. The topological polar surface area (TPSA) is 0 Å². The van der Waals surface area contributed by atoms with Crippen molar-refractivity contribution in [2.24, 2.45) is 0 Å². The molecule has 0 heterocycles. The van der Waals surface area contributed by atoms with Crippen molar-refractivity contribution in [3.05, 3.63) is 42.0 Å². The van der Waals surface area contributed by atoms with Crippen molar-refractivity contribution in [2.75, 3.05) is 0 Å². The third kappa shape index (κ3) is 2.45. The van der Waals surface area contributed by atoms with E-state index in [0.29, 0.717) is 0 Å². The fourth-order valence-corrected chi connectivity index (χ4v) is 0.816. The molecule has 0 N–H and O–H groups in total. The van der Waals surface area contributed by atoms with Crippen LogP contribution in [0.1, 0.15) is 14.0 Å². The second kappa shape index (κ2) is 4.95. The minimum Gasteiger partial charge on any atom is -1.00 e. The van der Waals surface area contributed by atoms with Gasteiger partial charge in [-0.3, -0.25) is 0 Å². The van der Waals surface area contributed by atoms with Crippen LogP contribution in [0.5, 0.6) is 0 Å². The Hall–Kier alpha value is 0.220. The van der Waals surface area contributed by atoms with Crippen LogP contribution in [-0.2, 0) is 0 Å². The molecule has 0 amide bonds. The molecular weight excluding hydrogens is 148 g/mol. The van der Waals surface area contributed by atoms with Crippen LogP contribution < -0.4 is 0 Å². The second-order valence-electron chi connectivity index (χ2n) is 2.06. The van der Waals surface area contributed by atoms with E-state index in [2.05, 4.69) is 25.6 Å². The Morgan fingerprint density at radius 1 is 1.40 bits per heavy atom. The smallest absolute Gasteiger partial charge is 1.00 e. The fourth-order valence-electron chi connectivity index (χ4n) is 0.816. The molecule has 1 heteroatoms. The average molecular weight is 160 g/mol. The van der Waals surface area contributed by atoms with E-state index in [0.717, 1.165) is 0 Å². The zero-order valence-electron chi connectivity index (χ0n) is 8.30. The predicted octanol–water partition coefficient (Wildman–Crippen LogP) is 2.48. The number of hydrogen-bond donors (Lipinski definition) is 0. The van der Waals surface area contributed by atoms with Gasteiger partial charge in [-0.1, -0.05) is 36.9 Å². The molecule has 0 spiro atoms. The molecule has 0 aromatic heterocycles. The van der Waals surface area contributed by atoms with Gasteiger partial charge in [0.15, 0.2) is 0 Å². The summed E-state index contributed by atoms with van der Waals surface area (Å²) in [7, 11) is 0. The van der Waals surface area contributed by atoms with Crippen molar-refractivity contribution < 1.29 is 2.85 Å². The summed E-state index contributed by atoms with van der Waals surface area (Å²) in [6.45, 7) is 5.77. The van der Waals surface area contributed by atoms with Gasteiger partial charge in [0.25, 0.3) is 0 Å².